The molecule has 0 aromatic heterocycles. The summed E-state index contributed by atoms with van der Waals surface area (Å²) in [5.74, 6) is 1.29. The predicted molar refractivity (Wildman–Crippen MR) is 119 cm³/mol. The second-order valence-corrected chi connectivity index (χ2v) is 7.36. The van der Waals surface area contributed by atoms with Crippen LogP contribution < -0.4 is 15.4 Å². The van der Waals surface area contributed by atoms with Crippen LogP contribution in [0.3, 0.4) is 0 Å². The topological polar surface area (TPSA) is 67.4 Å². The maximum absolute atomic E-state index is 12.3. The summed E-state index contributed by atoms with van der Waals surface area (Å²) >= 11 is 1.26. The highest BCUT2D eigenvalue weighted by molar-refractivity contribution is 8.00. The number of hydrogen-bond donors (Lipinski definition) is 2. The van der Waals surface area contributed by atoms with E-state index in [2.05, 4.69) is 10.6 Å². The van der Waals surface area contributed by atoms with E-state index in [0.29, 0.717) is 17.2 Å². The van der Waals surface area contributed by atoms with Crippen LogP contribution in [0.5, 0.6) is 11.5 Å². The van der Waals surface area contributed by atoms with Crippen LogP contribution in [0.25, 0.3) is 0 Å². The Morgan fingerprint density at radius 1 is 0.828 bits per heavy atom. The standard InChI is InChI=1S/C23H22N2O3S/c1-17-8-7-9-18(14-17)24-22(26)15-29-16-23(27)25-20-12-5-6-13-21(20)28-19-10-3-2-4-11-19/h2-14H,15-16H2,1H3,(H,24,26)(H,25,27). The fraction of sp³-hybridized carbons (Fsp3) is 0.130. The quantitative estimate of drug-likeness (QED) is 0.546. The van der Waals surface area contributed by atoms with Crippen molar-refractivity contribution in [3.8, 4) is 11.5 Å². The van der Waals surface area contributed by atoms with Gasteiger partial charge in [0.05, 0.1) is 17.2 Å². The number of para-hydroxylation sites is 3. The van der Waals surface area contributed by atoms with E-state index < -0.39 is 0 Å². The average Bonchev–Trinajstić information content (AvgIpc) is 2.70. The van der Waals surface area contributed by atoms with Crippen LogP contribution in [0, 0.1) is 6.92 Å². The van der Waals surface area contributed by atoms with Crippen LogP contribution in [0.1, 0.15) is 5.56 Å². The normalized spacial score (nSPS) is 10.2. The third-order valence-electron chi connectivity index (χ3n) is 3.90. The van der Waals surface area contributed by atoms with Gasteiger partial charge in [-0.05, 0) is 48.9 Å². The van der Waals surface area contributed by atoms with E-state index in [-0.39, 0.29) is 23.3 Å². The molecule has 2 N–H and O–H groups in total. The summed E-state index contributed by atoms with van der Waals surface area (Å²) in [5.41, 5.74) is 2.42. The van der Waals surface area contributed by atoms with Crippen molar-refractivity contribution >= 4 is 35.0 Å². The number of ether oxygens (including phenoxy) is 1. The van der Waals surface area contributed by atoms with Crippen LogP contribution >= 0.6 is 11.8 Å². The van der Waals surface area contributed by atoms with Crippen LogP contribution in [0.2, 0.25) is 0 Å². The van der Waals surface area contributed by atoms with Crippen LogP contribution in [0.4, 0.5) is 11.4 Å². The fourth-order valence-corrected chi connectivity index (χ4v) is 3.23. The minimum absolute atomic E-state index is 0.138. The number of anilines is 2. The summed E-state index contributed by atoms with van der Waals surface area (Å²) in [6.07, 6.45) is 0. The average molecular weight is 407 g/mol. The van der Waals surface area contributed by atoms with Crippen molar-refractivity contribution in [2.24, 2.45) is 0 Å². The zero-order chi connectivity index (χ0) is 20.5. The van der Waals surface area contributed by atoms with Gasteiger partial charge < -0.3 is 15.4 Å². The highest BCUT2D eigenvalue weighted by atomic mass is 32.2. The first-order valence-electron chi connectivity index (χ1n) is 9.16. The minimum Gasteiger partial charge on any atom is -0.455 e. The number of amides is 2. The summed E-state index contributed by atoms with van der Waals surface area (Å²) in [6.45, 7) is 1.97. The summed E-state index contributed by atoms with van der Waals surface area (Å²) in [7, 11) is 0. The number of thioether (sulfide) groups is 1. The Balaban J connectivity index is 1.48. The molecule has 0 saturated heterocycles. The number of rotatable bonds is 8. The van der Waals surface area contributed by atoms with Gasteiger partial charge in [-0.25, -0.2) is 0 Å². The summed E-state index contributed by atoms with van der Waals surface area (Å²) in [5, 5.41) is 5.68. The van der Waals surface area contributed by atoms with E-state index >= 15 is 0 Å². The Labute approximate surface area is 174 Å². The Morgan fingerprint density at radius 2 is 1.52 bits per heavy atom. The molecule has 148 valence electrons. The van der Waals surface area contributed by atoms with Crippen molar-refractivity contribution in [2.45, 2.75) is 6.92 Å². The van der Waals surface area contributed by atoms with Crippen molar-refractivity contribution in [3.63, 3.8) is 0 Å². The summed E-state index contributed by atoms with van der Waals surface area (Å²) in [4.78, 5) is 24.3. The van der Waals surface area contributed by atoms with E-state index in [9.17, 15) is 9.59 Å². The lowest BCUT2D eigenvalue weighted by Crippen LogP contribution is -2.18. The van der Waals surface area contributed by atoms with Gasteiger partial charge in [-0.1, -0.05) is 42.5 Å². The molecule has 6 heteroatoms. The molecule has 0 atom stereocenters. The monoisotopic (exact) mass is 406 g/mol. The second-order valence-electron chi connectivity index (χ2n) is 6.37. The first-order chi connectivity index (χ1) is 14.1. The lowest BCUT2D eigenvalue weighted by Gasteiger charge is -2.12. The smallest absolute Gasteiger partial charge is 0.234 e. The van der Waals surface area contributed by atoms with Crippen LogP contribution in [0.15, 0.2) is 78.9 Å². The number of aryl methyl sites for hydroxylation is 1. The maximum Gasteiger partial charge on any atom is 0.234 e. The van der Waals surface area contributed by atoms with Crippen LogP contribution in [-0.2, 0) is 9.59 Å². The third kappa shape index (κ3) is 6.69. The molecule has 0 unspecified atom stereocenters. The van der Waals surface area contributed by atoms with Gasteiger partial charge in [-0.15, -0.1) is 11.8 Å². The van der Waals surface area contributed by atoms with Gasteiger partial charge in [0.15, 0.2) is 5.75 Å². The zero-order valence-corrected chi connectivity index (χ0v) is 16.9. The van der Waals surface area contributed by atoms with Crippen molar-refractivity contribution < 1.29 is 14.3 Å². The molecule has 0 aliphatic heterocycles. The third-order valence-corrected chi connectivity index (χ3v) is 4.83. The van der Waals surface area contributed by atoms with Crippen LogP contribution in [-0.4, -0.2) is 23.3 Å². The lowest BCUT2D eigenvalue weighted by molar-refractivity contribution is -0.114. The number of carbonyl (C=O) groups is 2. The first kappa shape index (κ1) is 20.5. The molecule has 0 aliphatic rings. The van der Waals surface area contributed by atoms with Gasteiger partial charge in [-0.2, -0.15) is 0 Å². The molecule has 3 rings (SSSR count). The largest absolute Gasteiger partial charge is 0.455 e. The highest BCUT2D eigenvalue weighted by Crippen LogP contribution is 2.29. The molecule has 0 aliphatic carbocycles. The summed E-state index contributed by atoms with van der Waals surface area (Å²) in [6, 6.07) is 24.2. The second kappa shape index (κ2) is 10.3. The van der Waals surface area contributed by atoms with Gasteiger partial charge in [0.1, 0.15) is 5.75 Å². The molecular formula is C23H22N2O3S. The Hall–Kier alpha value is -3.25. The van der Waals surface area contributed by atoms with Gasteiger partial charge in [0.2, 0.25) is 11.8 Å². The molecule has 0 saturated carbocycles. The van der Waals surface area contributed by atoms with Gasteiger partial charge >= 0.3 is 0 Å². The van der Waals surface area contributed by atoms with Crippen molar-refractivity contribution in [2.75, 3.05) is 22.1 Å². The van der Waals surface area contributed by atoms with E-state index in [0.717, 1.165) is 11.3 Å². The Kier molecular flexibility index (Phi) is 7.30. The molecule has 29 heavy (non-hydrogen) atoms. The molecular weight excluding hydrogens is 384 g/mol. The molecule has 5 nitrogen and oxygen atoms in total. The molecule has 0 radical (unpaired) electrons. The maximum atomic E-state index is 12.3. The molecule has 0 fully saturated rings. The lowest BCUT2D eigenvalue weighted by atomic mass is 10.2. The molecule has 3 aromatic rings. The van der Waals surface area contributed by atoms with E-state index in [1.165, 1.54) is 11.8 Å². The number of hydrogen-bond acceptors (Lipinski definition) is 4. The van der Waals surface area contributed by atoms with E-state index in [1.54, 1.807) is 12.1 Å². The summed E-state index contributed by atoms with van der Waals surface area (Å²) < 4.78 is 5.84. The zero-order valence-electron chi connectivity index (χ0n) is 16.1. The molecule has 0 heterocycles. The Morgan fingerprint density at radius 3 is 2.28 bits per heavy atom. The van der Waals surface area contributed by atoms with E-state index in [1.807, 2.05) is 73.7 Å². The number of benzene rings is 3. The molecule has 2 amide bonds. The number of nitrogens with one attached hydrogen (secondary N) is 2. The van der Waals surface area contributed by atoms with Gasteiger partial charge in [0, 0.05) is 5.69 Å². The molecule has 3 aromatic carbocycles. The minimum atomic E-state index is -0.192. The predicted octanol–water partition coefficient (Wildman–Crippen LogP) is 5.10. The van der Waals surface area contributed by atoms with E-state index in [4.69, 9.17) is 4.74 Å². The van der Waals surface area contributed by atoms with Gasteiger partial charge in [0.25, 0.3) is 0 Å². The van der Waals surface area contributed by atoms with Crippen molar-refractivity contribution in [3.05, 3.63) is 84.4 Å². The Bertz CT molecular complexity index is 977. The first-order valence-corrected chi connectivity index (χ1v) is 10.3. The van der Waals surface area contributed by atoms with Crippen molar-refractivity contribution in [1.29, 1.82) is 0 Å². The highest BCUT2D eigenvalue weighted by Gasteiger charge is 2.10. The fourth-order valence-electron chi connectivity index (χ4n) is 2.62. The number of carbonyl (C=O) groups excluding carboxylic acids is 2. The molecule has 0 bridgehead atoms. The SMILES string of the molecule is Cc1cccc(NC(=O)CSCC(=O)Nc2ccccc2Oc2ccccc2)c1. The van der Waals surface area contributed by atoms with Crippen molar-refractivity contribution in [1.82, 2.24) is 0 Å². The van der Waals surface area contributed by atoms with Gasteiger partial charge in [-0.3, -0.25) is 9.59 Å². The molecule has 0 spiro atoms.